The Morgan fingerprint density at radius 3 is 0.519 bits per heavy atom. The van der Waals surface area contributed by atoms with Crippen LogP contribution in [0.2, 0.25) is 0 Å². The van der Waals surface area contributed by atoms with E-state index in [0.717, 1.165) is 25.7 Å². The topological polar surface area (TPSA) is 35.5 Å². The quantitative estimate of drug-likeness (QED) is 0.0461. The molecule has 312 valence electrons. The lowest BCUT2D eigenvalue weighted by Crippen LogP contribution is -2.09. The number of rotatable bonds is 46. The molecule has 0 heterocycles. The van der Waals surface area contributed by atoms with E-state index in [9.17, 15) is 4.79 Å². The third kappa shape index (κ3) is 47.3. The number of hydrogen-bond acceptors (Lipinski definition) is 3. The molecule has 0 saturated heterocycles. The van der Waals surface area contributed by atoms with Gasteiger partial charge in [0.2, 0.25) is 0 Å². The first kappa shape index (κ1) is 51.3. The van der Waals surface area contributed by atoms with Crippen LogP contribution in [-0.2, 0) is 9.47 Å². The normalized spacial score (nSPS) is 11.4. The Balaban J connectivity index is 3.14. The average Bonchev–Trinajstić information content (AvgIpc) is 3.15. The summed E-state index contributed by atoms with van der Waals surface area (Å²) in [6.07, 6.45) is 60.7. The standard InChI is InChI=1S/C49H98O3/c1-3-5-7-9-11-13-15-17-19-21-23-25-27-29-31-33-35-37-39-41-43-45-47-51-49(50)52-48-46-44-42-40-38-36-34-32-30-28-26-24-22-20-18-16-14-12-10-8-6-4-2/h3-48H2,1-2H3. The summed E-state index contributed by atoms with van der Waals surface area (Å²) in [6, 6.07) is 0. The van der Waals surface area contributed by atoms with E-state index in [0.29, 0.717) is 13.2 Å². The van der Waals surface area contributed by atoms with Crippen LogP contribution in [0.15, 0.2) is 0 Å². The third-order valence-electron chi connectivity index (χ3n) is 11.4. The van der Waals surface area contributed by atoms with E-state index >= 15 is 0 Å². The molecule has 0 spiro atoms. The van der Waals surface area contributed by atoms with Crippen LogP contribution in [0.3, 0.4) is 0 Å². The number of ether oxygens (including phenoxy) is 2. The van der Waals surface area contributed by atoms with Crippen LogP contribution in [0.5, 0.6) is 0 Å². The molecule has 0 aromatic heterocycles. The predicted octanol–water partition coefficient (Wildman–Crippen LogP) is 18.3. The van der Waals surface area contributed by atoms with Gasteiger partial charge in [0, 0.05) is 0 Å². The molecule has 0 aromatic carbocycles. The molecule has 0 aromatic rings. The summed E-state index contributed by atoms with van der Waals surface area (Å²) < 4.78 is 10.5. The molecule has 0 atom stereocenters. The van der Waals surface area contributed by atoms with E-state index in [-0.39, 0.29) is 0 Å². The summed E-state index contributed by atoms with van der Waals surface area (Å²) in [5.74, 6) is 0. The summed E-state index contributed by atoms with van der Waals surface area (Å²) in [4.78, 5) is 11.8. The highest BCUT2D eigenvalue weighted by molar-refractivity contribution is 5.59. The van der Waals surface area contributed by atoms with Gasteiger partial charge in [0.25, 0.3) is 0 Å². The van der Waals surface area contributed by atoms with Crippen LogP contribution in [0.4, 0.5) is 4.79 Å². The highest BCUT2D eigenvalue weighted by Crippen LogP contribution is 2.17. The molecule has 0 saturated carbocycles. The van der Waals surface area contributed by atoms with Crippen LogP contribution >= 0.6 is 0 Å². The minimum absolute atomic E-state index is 0.466. The molecular formula is C49H98O3. The molecule has 0 bridgehead atoms. The maximum atomic E-state index is 11.8. The number of carbonyl (C=O) groups is 1. The van der Waals surface area contributed by atoms with Crippen molar-refractivity contribution in [3.63, 3.8) is 0 Å². The SMILES string of the molecule is CCCCCCCCCCCCCCCCCCCCCCCCOC(=O)OCCCCCCCCCCCCCCCCCCCCCCCC. The Kier molecular flexibility index (Phi) is 47.6. The highest BCUT2D eigenvalue weighted by Gasteiger charge is 2.03. The van der Waals surface area contributed by atoms with Crippen LogP contribution in [0.1, 0.15) is 296 Å². The fourth-order valence-corrected chi connectivity index (χ4v) is 7.77. The highest BCUT2D eigenvalue weighted by atomic mass is 16.7. The summed E-state index contributed by atoms with van der Waals surface area (Å²) in [6.45, 7) is 5.62. The number of hydrogen-bond donors (Lipinski definition) is 0. The van der Waals surface area contributed by atoms with Gasteiger partial charge < -0.3 is 9.47 Å². The molecular weight excluding hydrogens is 637 g/mol. The van der Waals surface area contributed by atoms with E-state index in [4.69, 9.17) is 9.47 Å². The fraction of sp³-hybridized carbons (Fsp3) is 0.980. The molecule has 52 heavy (non-hydrogen) atoms. The monoisotopic (exact) mass is 735 g/mol. The van der Waals surface area contributed by atoms with Gasteiger partial charge >= 0.3 is 6.16 Å². The van der Waals surface area contributed by atoms with Gasteiger partial charge in [-0.1, -0.05) is 284 Å². The van der Waals surface area contributed by atoms with Crippen LogP contribution in [-0.4, -0.2) is 19.4 Å². The number of unbranched alkanes of at least 4 members (excludes halogenated alkanes) is 42. The van der Waals surface area contributed by atoms with Crippen molar-refractivity contribution < 1.29 is 14.3 Å². The first-order valence-corrected chi connectivity index (χ1v) is 24.6. The minimum Gasteiger partial charge on any atom is -0.434 e. The fourth-order valence-electron chi connectivity index (χ4n) is 7.77. The van der Waals surface area contributed by atoms with Crippen molar-refractivity contribution in [2.75, 3.05) is 13.2 Å². The van der Waals surface area contributed by atoms with Crippen LogP contribution in [0.25, 0.3) is 0 Å². The van der Waals surface area contributed by atoms with E-state index in [1.807, 2.05) is 0 Å². The van der Waals surface area contributed by atoms with E-state index in [1.165, 1.54) is 257 Å². The smallest absolute Gasteiger partial charge is 0.434 e. The zero-order valence-electron chi connectivity index (χ0n) is 36.3. The maximum Gasteiger partial charge on any atom is 0.508 e. The largest absolute Gasteiger partial charge is 0.508 e. The van der Waals surface area contributed by atoms with Gasteiger partial charge in [-0.2, -0.15) is 0 Å². The van der Waals surface area contributed by atoms with E-state index in [2.05, 4.69) is 13.8 Å². The van der Waals surface area contributed by atoms with Crippen LogP contribution in [0, 0.1) is 0 Å². The van der Waals surface area contributed by atoms with Gasteiger partial charge in [0.15, 0.2) is 0 Å². The average molecular weight is 735 g/mol. The molecule has 0 aliphatic heterocycles. The molecule has 0 fully saturated rings. The first-order chi connectivity index (χ1) is 25.8. The Bertz CT molecular complexity index is 582. The van der Waals surface area contributed by atoms with Gasteiger partial charge in [-0.25, -0.2) is 4.79 Å². The van der Waals surface area contributed by atoms with Gasteiger partial charge in [-0.3, -0.25) is 0 Å². The van der Waals surface area contributed by atoms with Gasteiger partial charge in [0.05, 0.1) is 13.2 Å². The van der Waals surface area contributed by atoms with Crippen molar-refractivity contribution in [1.82, 2.24) is 0 Å². The van der Waals surface area contributed by atoms with Crippen molar-refractivity contribution in [2.45, 2.75) is 296 Å². The van der Waals surface area contributed by atoms with Gasteiger partial charge in [-0.05, 0) is 12.8 Å². The molecule has 3 heteroatoms. The predicted molar refractivity (Wildman–Crippen MR) is 232 cm³/mol. The van der Waals surface area contributed by atoms with Crippen molar-refractivity contribution in [1.29, 1.82) is 0 Å². The Labute approximate surface area is 329 Å². The van der Waals surface area contributed by atoms with Gasteiger partial charge in [-0.15, -0.1) is 0 Å². The van der Waals surface area contributed by atoms with E-state index < -0.39 is 6.16 Å². The molecule has 0 radical (unpaired) electrons. The zero-order chi connectivity index (χ0) is 37.5. The summed E-state index contributed by atoms with van der Waals surface area (Å²) in [5.41, 5.74) is 0. The second-order valence-electron chi connectivity index (χ2n) is 16.8. The summed E-state index contributed by atoms with van der Waals surface area (Å²) in [7, 11) is 0. The Morgan fingerprint density at radius 1 is 0.231 bits per heavy atom. The molecule has 0 unspecified atom stereocenters. The zero-order valence-corrected chi connectivity index (χ0v) is 36.3. The summed E-state index contributed by atoms with van der Waals surface area (Å²) in [5, 5.41) is 0. The summed E-state index contributed by atoms with van der Waals surface area (Å²) >= 11 is 0. The van der Waals surface area contributed by atoms with Crippen molar-refractivity contribution in [2.24, 2.45) is 0 Å². The molecule has 0 amide bonds. The molecule has 0 rings (SSSR count). The second-order valence-corrected chi connectivity index (χ2v) is 16.8. The second kappa shape index (κ2) is 48.3. The molecule has 0 N–H and O–H groups in total. The lowest BCUT2D eigenvalue weighted by Gasteiger charge is -2.07. The van der Waals surface area contributed by atoms with E-state index in [1.54, 1.807) is 0 Å². The first-order valence-electron chi connectivity index (χ1n) is 24.6. The lowest BCUT2D eigenvalue weighted by atomic mass is 10.0. The molecule has 0 aliphatic carbocycles. The minimum atomic E-state index is -0.466. The Morgan fingerprint density at radius 2 is 0.365 bits per heavy atom. The Hall–Kier alpha value is -0.730. The third-order valence-corrected chi connectivity index (χ3v) is 11.4. The van der Waals surface area contributed by atoms with Crippen molar-refractivity contribution in [3.05, 3.63) is 0 Å². The van der Waals surface area contributed by atoms with Crippen LogP contribution < -0.4 is 0 Å². The van der Waals surface area contributed by atoms with Gasteiger partial charge in [0.1, 0.15) is 0 Å². The lowest BCUT2D eigenvalue weighted by molar-refractivity contribution is 0.0529. The van der Waals surface area contributed by atoms with Crippen molar-refractivity contribution >= 4 is 6.16 Å². The number of carbonyl (C=O) groups excluding carboxylic acids is 1. The molecule has 3 nitrogen and oxygen atoms in total. The molecule has 0 aliphatic rings. The van der Waals surface area contributed by atoms with Crippen molar-refractivity contribution in [3.8, 4) is 0 Å². The maximum absolute atomic E-state index is 11.8.